The van der Waals surface area contributed by atoms with Crippen molar-refractivity contribution in [1.82, 2.24) is 4.57 Å². The highest BCUT2D eigenvalue weighted by atomic mass is 19.1. The Balaban J connectivity index is 1.90. The number of aromatic nitrogens is 1. The number of halogens is 1. The van der Waals surface area contributed by atoms with Crippen molar-refractivity contribution < 1.29 is 9.13 Å². The van der Waals surface area contributed by atoms with Crippen molar-refractivity contribution in [3.63, 3.8) is 0 Å². The molecule has 0 saturated heterocycles. The van der Waals surface area contributed by atoms with Crippen LogP contribution in [-0.4, -0.2) is 10.6 Å². The van der Waals surface area contributed by atoms with Gasteiger partial charge in [-0.25, -0.2) is 4.39 Å². The summed E-state index contributed by atoms with van der Waals surface area (Å²) >= 11 is 0. The highest BCUT2D eigenvalue weighted by Gasteiger charge is 2.22. The predicted molar refractivity (Wildman–Crippen MR) is 88.6 cm³/mol. The molecule has 2 aromatic rings. The summed E-state index contributed by atoms with van der Waals surface area (Å²) in [6, 6.07) is 8.00. The second-order valence-corrected chi connectivity index (χ2v) is 5.94. The lowest BCUT2D eigenvalue weighted by molar-refractivity contribution is 0.301. The number of nitrogens with one attached hydrogen (secondary N) is 1. The van der Waals surface area contributed by atoms with Gasteiger partial charge in [-0.05, 0) is 37.1 Å². The molecule has 2 heterocycles. The normalized spacial score (nSPS) is 15.5. The second-order valence-electron chi connectivity index (χ2n) is 5.94. The van der Waals surface area contributed by atoms with Crippen LogP contribution in [-0.2, 0) is 19.6 Å². The van der Waals surface area contributed by atoms with Gasteiger partial charge < -0.3 is 10.1 Å². The fraction of sp³-hybridized carbons (Fsp3) is 0.333. The molecule has 1 aliphatic rings. The highest BCUT2D eigenvalue weighted by Crippen LogP contribution is 2.26. The van der Waals surface area contributed by atoms with E-state index in [1.165, 1.54) is 12.1 Å². The maximum atomic E-state index is 13.5. The van der Waals surface area contributed by atoms with Crippen molar-refractivity contribution in [2.45, 2.75) is 39.5 Å². The Morgan fingerprint density at radius 1 is 1.42 bits per heavy atom. The van der Waals surface area contributed by atoms with Crippen molar-refractivity contribution in [3.8, 4) is 11.8 Å². The summed E-state index contributed by atoms with van der Waals surface area (Å²) in [4.78, 5) is 12.6. The first-order chi connectivity index (χ1) is 11.5. The van der Waals surface area contributed by atoms with E-state index in [0.29, 0.717) is 29.8 Å². The van der Waals surface area contributed by atoms with Gasteiger partial charge in [-0.1, -0.05) is 6.92 Å². The monoisotopic (exact) mass is 327 g/mol. The number of ether oxygens (including phenoxy) is 1. The van der Waals surface area contributed by atoms with Crippen LogP contribution in [0.25, 0.3) is 0 Å². The van der Waals surface area contributed by atoms with Crippen molar-refractivity contribution in [2.75, 3.05) is 5.32 Å². The summed E-state index contributed by atoms with van der Waals surface area (Å²) in [5.74, 6) is 0.752. The molecule has 1 aliphatic heterocycles. The molecule has 3 rings (SSSR count). The van der Waals surface area contributed by atoms with E-state index in [-0.39, 0.29) is 23.8 Å². The standard InChI is InChI=1S/C18H18FN3O2/c1-3-15-16(7-17-21-11(2)9-22(17)18(15)23)24-10-13-4-12(8-20)5-14(19)6-13/h4-7,11,21H,3,9-10H2,1-2H3. The summed E-state index contributed by atoms with van der Waals surface area (Å²) < 4.78 is 21.0. The minimum Gasteiger partial charge on any atom is -0.488 e. The van der Waals surface area contributed by atoms with E-state index >= 15 is 0 Å². The van der Waals surface area contributed by atoms with Gasteiger partial charge in [0.05, 0.1) is 17.2 Å². The molecule has 1 atom stereocenters. The molecule has 0 radical (unpaired) electrons. The maximum Gasteiger partial charge on any atom is 0.259 e. The van der Waals surface area contributed by atoms with Crippen molar-refractivity contribution in [2.24, 2.45) is 0 Å². The Kier molecular flexibility index (Phi) is 4.26. The number of pyridine rings is 1. The molecule has 0 amide bonds. The summed E-state index contributed by atoms with van der Waals surface area (Å²) in [5.41, 5.74) is 1.34. The van der Waals surface area contributed by atoms with Crippen LogP contribution in [0.5, 0.6) is 5.75 Å². The van der Waals surface area contributed by atoms with E-state index in [9.17, 15) is 9.18 Å². The highest BCUT2D eigenvalue weighted by molar-refractivity contribution is 5.49. The van der Waals surface area contributed by atoms with Gasteiger partial charge in [0.15, 0.2) is 0 Å². The molecule has 1 N–H and O–H groups in total. The number of nitrogens with zero attached hydrogens (tertiary/aromatic N) is 2. The molecule has 5 nitrogen and oxygen atoms in total. The Morgan fingerprint density at radius 3 is 2.92 bits per heavy atom. The van der Waals surface area contributed by atoms with Crippen LogP contribution in [0.4, 0.5) is 10.2 Å². The van der Waals surface area contributed by atoms with Gasteiger partial charge >= 0.3 is 0 Å². The number of hydrogen-bond acceptors (Lipinski definition) is 4. The molecule has 0 fully saturated rings. The molecule has 1 aromatic carbocycles. The molecule has 0 bridgehead atoms. The molecule has 0 aliphatic carbocycles. The first-order valence-electron chi connectivity index (χ1n) is 7.87. The topological polar surface area (TPSA) is 67.0 Å². The zero-order chi connectivity index (χ0) is 17.3. The molecule has 6 heteroatoms. The quantitative estimate of drug-likeness (QED) is 0.938. The minimum absolute atomic E-state index is 0.0567. The molecule has 0 spiro atoms. The Labute approximate surface area is 139 Å². The number of anilines is 1. The van der Waals surface area contributed by atoms with Crippen LogP contribution < -0.4 is 15.6 Å². The largest absolute Gasteiger partial charge is 0.488 e. The van der Waals surface area contributed by atoms with Crippen LogP contribution in [0, 0.1) is 17.1 Å². The fourth-order valence-electron chi connectivity index (χ4n) is 2.95. The van der Waals surface area contributed by atoms with Gasteiger partial charge in [0.2, 0.25) is 0 Å². The maximum absolute atomic E-state index is 13.5. The summed E-state index contributed by atoms with van der Waals surface area (Å²) in [7, 11) is 0. The van der Waals surface area contributed by atoms with E-state index in [1.54, 1.807) is 10.6 Å². The number of hydrogen-bond donors (Lipinski definition) is 1. The van der Waals surface area contributed by atoms with Gasteiger partial charge in [-0.2, -0.15) is 5.26 Å². The number of fused-ring (bicyclic) bond motifs is 1. The average molecular weight is 327 g/mol. The van der Waals surface area contributed by atoms with Gasteiger partial charge in [0.25, 0.3) is 5.56 Å². The van der Waals surface area contributed by atoms with E-state index in [2.05, 4.69) is 5.32 Å². The van der Waals surface area contributed by atoms with Crippen LogP contribution >= 0.6 is 0 Å². The molecule has 1 unspecified atom stereocenters. The van der Waals surface area contributed by atoms with E-state index in [0.717, 1.165) is 5.82 Å². The van der Waals surface area contributed by atoms with Crippen LogP contribution in [0.1, 0.15) is 30.5 Å². The first-order valence-corrected chi connectivity index (χ1v) is 7.87. The van der Waals surface area contributed by atoms with Crippen LogP contribution in [0.2, 0.25) is 0 Å². The van der Waals surface area contributed by atoms with Gasteiger partial charge in [0.1, 0.15) is 24.0 Å². The van der Waals surface area contributed by atoms with Crippen molar-refractivity contribution in [3.05, 3.63) is 57.1 Å². The van der Waals surface area contributed by atoms with Crippen LogP contribution in [0.3, 0.4) is 0 Å². The van der Waals surface area contributed by atoms with Gasteiger partial charge in [-0.3, -0.25) is 9.36 Å². The van der Waals surface area contributed by atoms with E-state index < -0.39 is 5.82 Å². The zero-order valence-corrected chi connectivity index (χ0v) is 13.6. The molecule has 24 heavy (non-hydrogen) atoms. The van der Waals surface area contributed by atoms with Crippen molar-refractivity contribution >= 4 is 5.82 Å². The van der Waals surface area contributed by atoms with Gasteiger partial charge in [-0.15, -0.1) is 0 Å². The third-order valence-electron chi connectivity index (χ3n) is 4.04. The molecule has 1 aromatic heterocycles. The fourth-order valence-corrected chi connectivity index (χ4v) is 2.95. The third kappa shape index (κ3) is 2.98. The third-order valence-corrected chi connectivity index (χ3v) is 4.04. The van der Waals surface area contributed by atoms with Crippen molar-refractivity contribution in [1.29, 1.82) is 5.26 Å². The lowest BCUT2D eigenvalue weighted by Gasteiger charge is -2.13. The zero-order valence-electron chi connectivity index (χ0n) is 13.6. The Hall–Kier alpha value is -2.81. The second kappa shape index (κ2) is 6.36. The Bertz CT molecular complexity index is 883. The van der Waals surface area contributed by atoms with E-state index in [4.69, 9.17) is 10.00 Å². The summed E-state index contributed by atoms with van der Waals surface area (Å²) in [6.07, 6.45) is 0.551. The molecule has 124 valence electrons. The predicted octanol–water partition coefficient (Wildman–Crippen LogP) is 2.81. The summed E-state index contributed by atoms with van der Waals surface area (Å²) in [5, 5.41) is 12.1. The lowest BCUT2D eigenvalue weighted by atomic mass is 10.1. The number of benzene rings is 1. The Morgan fingerprint density at radius 2 is 2.21 bits per heavy atom. The number of nitriles is 1. The minimum atomic E-state index is -0.479. The SMILES string of the molecule is CCc1c(OCc2cc(F)cc(C#N)c2)cc2n(c1=O)CC(C)N2. The van der Waals surface area contributed by atoms with Gasteiger partial charge in [0, 0.05) is 18.7 Å². The first kappa shape index (κ1) is 16.1. The molecular formula is C18H18FN3O2. The van der Waals surface area contributed by atoms with Crippen LogP contribution in [0.15, 0.2) is 29.1 Å². The molecular weight excluding hydrogens is 309 g/mol. The lowest BCUT2D eigenvalue weighted by Crippen LogP contribution is -2.23. The number of rotatable bonds is 4. The smallest absolute Gasteiger partial charge is 0.259 e. The summed E-state index contributed by atoms with van der Waals surface area (Å²) in [6.45, 7) is 4.64. The van der Waals surface area contributed by atoms with E-state index in [1.807, 2.05) is 26.0 Å². The average Bonchev–Trinajstić information content (AvgIpc) is 2.93. The molecule has 0 saturated carbocycles.